The number of methoxy groups -OCH3 is 1. The molecule has 0 fully saturated rings. The molecule has 0 radical (unpaired) electrons. The minimum atomic E-state index is 0.0513. The maximum atomic E-state index is 12.2. The Bertz CT molecular complexity index is 804. The SMILES string of the molecule is COc1ccc(C(=O)CSc2nnc(Nc3ccccc3)s2)cc1. The zero-order valence-corrected chi connectivity index (χ0v) is 14.6. The highest BCUT2D eigenvalue weighted by molar-refractivity contribution is 8.01. The van der Waals surface area contributed by atoms with E-state index < -0.39 is 0 Å². The molecule has 0 spiro atoms. The molecule has 0 atom stereocenters. The molecular formula is C17H15N3O2S2. The van der Waals surface area contributed by atoms with Crippen LogP contribution >= 0.6 is 23.1 Å². The van der Waals surface area contributed by atoms with Gasteiger partial charge in [0.15, 0.2) is 10.1 Å². The van der Waals surface area contributed by atoms with Crippen LogP contribution < -0.4 is 10.1 Å². The Morgan fingerprint density at radius 3 is 2.58 bits per heavy atom. The van der Waals surface area contributed by atoms with Gasteiger partial charge in [0, 0.05) is 11.3 Å². The lowest BCUT2D eigenvalue weighted by Crippen LogP contribution is -2.02. The van der Waals surface area contributed by atoms with Crippen LogP contribution in [0.25, 0.3) is 0 Å². The molecule has 1 heterocycles. The highest BCUT2D eigenvalue weighted by atomic mass is 32.2. The fraction of sp³-hybridized carbons (Fsp3) is 0.118. The molecule has 2 aromatic carbocycles. The monoisotopic (exact) mass is 357 g/mol. The van der Waals surface area contributed by atoms with E-state index in [9.17, 15) is 4.79 Å². The average molecular weight is 357 g/mol. The van der Waals surface area contributed by atoms with Crippen LogP contribution in [-0.2, 0) is 0 Å². The molecule has 3 rings (SSSR count). The summed E-state index contributed by atoms with van der Waals surface area (Å²) in [6.07, 6.45) is 0. The van der Waals surface area contributed by atoms with Crippen LogP contribution in [0.3, 0.4) is 0 Å². The van der Waals surface area contributed by atoms with Crippen molar-refractivity contribution in [2.24, 2.45) is 0 Å². The molecule has 0 unspecified atom stereocenters. The van der Waals surface area contributed by atoms with Gasteiger partial charge < -0.3 is 10.1 Å². The number of benzene rings is 2. The minimum absolute atomic E-state index is 0.0513. The minimum Gasteiger partial charge on any atom is -0.497 e. The number of anilines is 2. The number of aromatic nitrogens is 2. The molecule has 0 bridgehead atoms. The van der Waals surface area contributed by atoms with Gasteiger partial charge in [-0.1, -0.05) is 41.3 Å². The average Bonchev–Trinajstić information content (AvgIpc) is 3.08. The summed E-state index contributed by atoms with van der Waals surface area (Å²) in [7, 11) is 1.60. The highest BCUT2D eigenvalue weighted by Crippen LogP contribution is 2.28. The van der Waals surface area contributed by atoms with Gasteiger partial charge in [-0.15, -0.1) is 10.2 Å². The third-order valence-electron chi connectivity index (χ3n) is 3.17. The summed E-state index contributed by atoms with van der Waals surface area (Å²) < 4.78 is 5.85. The predicted molar refractivity (Wildman–Crippen MR) is 97.7 cm³/mol. The van der Waals surface area contributed by atoms with Crippen molar-refractivity contribution >= 4 is 39.7 Å². The van der Waals surface area contributed by atoms with Crippen molar-refractivity contribution in [2.45, 2.75) is 4.34 Å². The highest BCUT2D eigenvalue weighted by Gasteiger charge is 2.10. The van der Waals surface area contributed by atoms with E-state index in [1.54, 1.807) is 31.4 Å². The van der Waals surface area contributed by atoms with Crippen LogP contribution in [0.5, 0.6) is 5.75 Å². The number of ketones is 1. The Hall–Kier alpha value is -2.38. The van der Waals surface area contributed by atoms with Gasteiger partial charge in [-0.25, -0.2) is 0 Å². The lowest BCUT2D eigenvalue weighted by Gasteiger charge is -2.02. The maximum Gasteiger partial charge on any atom is 0.210 e. The topological polar surface area (TPSA) is 64.1 Å². The smallest absolute Gasteiger partial charge is 0.210 e. The van der Waals surface area contributed by atoms with Crippen LogP contribution in [0.15, 0.2) is 58.9 Å². The molecule has 122 valence electrons. The normalized spacial score (nSPS) is 10.4. The first-order valence-electron chi connectivity index (χ1n) is 7.20. The van der Waals surface area contributed by atoms with Gasteiger partial charge in [-0.05, 0) is 36.4 Å². The van der Waals surface area contributed by atoms with Crippen molar-refractivity contribution in [1.29, 1.82) is 0 Å². The summed E-state index contributed by atoms with van der Waals surface area (Å²) in [6.45, 7) is 0. The maximum absolute atomic E-state index is 12.2. The van der Waals surface area contributed by atoms with Crippen LogP contribution in [0.1, 0.15) is 10.4 Å². The van der Waals surface area contributed by atoms with E-state index in [2.05, 4.69) is 15.5 Å². The number of Topliss-reactive ketones (excluding diaryl/α,β-unsaturated/α-hetero) is 1. The molecule has 0 aliphatic carbocycles. The first-order chi connectivity index (χ1) is 11.7. The summed E-state index contributed by atoms with van der Waals surface area (Å²) in [5, 5.41) is 12.1. The van der Waals surface area contributed by atoms with E-state index in [0.29, 0.717) is 16.4 Å². The van der Waals surface area contributed by atoms with E-state index in [4.69, 9.17) is 4.74 Å². The predicted octanol–water partition coefficient (Wildman–Crippen LogP) is 4.27. The summed E-state index contributed by atoms with van der Waals surface area (Å²) >= 11 is 2.82. The van der Waals surface area contributed by atoms with Crippen LogP contribution in [0.2, 0.25) is 0 Å². The third kappa shape index (κ3) is 4.33. The number of nitrogens with one attached hydrogen (secondary N) is 1. The molecule has 3 aromatic rings. The van der Waals surface area contributed by atoms with E-state index >= 15 is 0 Å². The first kappa shape index (κ1) is 16.5. The summed E-state index contributed by atoms with van der Waals surface area (Å²) in [6, 6.07) is 16.9. The quantitative estimate of drug-likeness (QED) is 0.503. The summed E-state index contributed by atoms with van der Waals surface area (Å²) in [5.41, 5.74) is 1.62. The van der Waals surface area contributed by atoms with Crippen LogP contribution in [-0.4, -0.2) is 28.8 Å². The molecular weight excluding hydrogens is 342 g/mol. The molecule has 7 heteroatoms. The molecule has 5 nitrogen and oxygen atoms in total. The fourth-order valence-corrected chi connectivity index (χ4v) is 3.62. The first-order valence-corrected chi connectivity index (χ1v) is 9.00. The standard InChI is InChI=1S/C17H15N3O2S2/c1-22-14-9-7-12(8-10-14)15(21)11-23-17-20-19-16(24-17)18-13-5-3-2-4-6-13/h2-10H,11H2,1H3,(H,18,19). The van der Waals surface area contributed by atoms with E-state index in [0.717, 1.165) is 15.8 Å². The Kier molecular flexibility index (Phi) is 5.45. The second-order valence-electron chi connectivity index (χ2n) is 4.80. The van der Waals surface area contributed by atoms with Crippen molar-refractivity contribution in [3.63, 3.8) is 0 Å². The number of rotatable bonds is 7. The number of hydrogen-bond acceptors (Lipinski definition) is 7. The van der Waals surface area contributed by atoms with Crippen molar-refractivity contribution < 1.29 is 9.53 Å². The second kappa shape index (κ2) is 7.94. The Labute approximate surface area is 148 Å². The number of carbonyl (C=O) groups is 1. The molecule has 24 heavy (non-hydrogen) atoms. The number of ether oxygens (including phenoxy) is 1. The third-order valence-corrected chi connectivity index (χ3v) is 5.14. The number of nitrogens with zero attached hydrogens (tertiary/aromatic N) is 2. The van der Waals surface area contributed by atoms with Crippen molar-refractivity contribution in [3.05, 3.63) is 60.2 Å². The fourth-order valence-electron chi connectivity index (χ4n) is 1.95. The molecule has 0 aliphatic rings. The van der Waals surface area contributed by atoms with Crippen LogP contribution in [0.4, 0.5) is 10.8 Å². The molecule has 0 aliphatic heterocycles. The largest absolute Gasteiger partial charge is 0.497 e. The Morgan fingerprint density at radius 1 is 1.12 bits per heavy atom. The molecule has 1 aromatic heterocycles. The van der Waals surface area contributed by atoms with Gasteiger partial charge in [0.05, 0.1) is 12.9 Å². The Morgan fingerprint density at radius 2 is 1.88 bits per heavy atom. The van der Waals surface area contributed by atoms with Gasteiger partial charge in [0.25, 0.3) is 0 Å². The summed E-state index contributed by atoms with van der Waals surface area (Å²) in [4.78, 5) is 12.2. The second-order valence-corrected chi connectivity index (χ2v) is 7.00. The van der Waals surface area contributed by atoms with Gasteiger partial charge >= 0.3 is 0 Å². The molecule has 0 saturated heterocycles. The molecule has 0 saturated carbocycles. The zero-order valence-electron chi connectivity index (χ0n) is 12.9. The number of hydrogen-bond donors (Lipinski definition) is 1. The lowest BCUT2D eigenvalue weighted by molar-refractivity contribution is 0.102. The van der Waals surface area contributed by atoms with E-state index in [1.165, 1.54) is 23.1 Å². The van der Waals surface area contributed by atoms with Gasteiger partial charge in [0.1, 0.15) is 5.75 Å². The summed E-state index contributed by atoms with van der Waals surface area (Å²) in [5.74, 6) is 1.11. The molecule has 0 amide bonds. The van der Waals surface area contributed by atoms with Crippen molar-refractivity contribution in [3.8, 4) is 5.75 Å². The molecule has 1 N–H and O–H groups in total. The van der Waals surface area contributed by atoms with Gasteiger partial charge in [0.2, 0.25) is 5.13 Å². The Balaban J connectivity index is 1.55. The zero-order chi connectivity index (χ0) is 16.8. The number of para-hydroxylation sites is 1. The van der Waals surface area contributed by atoms with E-state index in [-0.39, 0.29) is 5.78 Å². The van der Waals surface area contributed by atoms with E-state index in [1.807, 2.05) is 30.3 Å². The number of thioether (sulfide) groups is 1. The lowest BCUT2D eigenvalue weighted by atomic mass is 10.1. The van der Waals surface area contributed by atoms with Gasteiger partial charge in [-0.3, -0.25) is 4.79 Å². The van der Waals surface area contributed by atoms with Crippen LogP contribution in [0, 0.1) is 0 Å². The van der Waals surface area contributed by atoms with Crippen molar-refractivity contribution in [2.75, 3.05) is 18.2 Å². The van der Waals surface area contributed by atoms with Crippen molar-refractivity contribution in [1.82, 2.24) is 10.2 Å². The number of carbonyl (C=O) groups excluding carboxylic acids is 1. The van der Waals surface area contributed by atoms with Gasteiger partial charge in [-0.2, -0.15) is 0 Å².